The molecule has 2 heterocycles. The number of halogens is 1. The Balaban J connectivity index is 1.59. The number of ketones is 1. The van der Waals surface area contributed by atoms with Crippen LogP contribution in [0.1, 0.15) is 68.9 Å². The number of methoxy groups -OCH3 is 1. The molecule has 190 valence electrons. The van der Waals surface area contributed by atoms with Crippen LogP contribution in [0.15, 0.2) is 36.4 Å². The van der Waals surface area contributed by atoms with Crippen molar-refractivity contribution in [3.63, 3.8) is 0 Å². The van der Waals surface area contributed by atoms with E-state index in [1.807, 2.05) is 12.1 Å². The number of imidazole rings is 1. The molecule has 7 heteroatoms. The third-order valence-electron chi connectivity index (χ3n) is 8.04. The van der Waals surface area contributed by atoms with E-state index in [0.29, 0.717) is 0 Å². The summed E-state index contributed by atoms with van der Waals surface area (Å²) < 4.78 is 7.51. The molecule has 1 fully saturated rings. The predicted molar refractivity (Wildman–Crippen MR) is 143 cm³/mol. The summed E-state index contributed by atoms with van der Waals surface area (Å²) in [5.74, 6) is 1.44. The van der Waals surface area contributed by atoms with Crippen molar-refractivity contribution in [3.05, 3.63) is 58.4 Å². The second-order valence-corrected chi connectivity index (χ2v) is 10.7. The van der Waals surface area contributed by atoms with Gasteiger partial charge in [0, 0.05) is 35.0 Å². The number of rotatable bonds is 5. The first-order valence-corrected chi connectivity index (χ1v) is 13.4. The number of nitrogens with zero attached hydrogens (tertiary/aromatic N) is 3. The number of Topliss-reactive ketones (excluding diaryl/α,β-unsaturated/α-hetero) is 1. The van der Waals surface area contributed by atoms with E-state index in [4.69, 9.17) is 21.3 Å². The molecule has 0 saturated heterocycles. The number of aryl methyl sites for hydroxylation is 3. The molecule has 1 aliphatic carbocycles. The fourth-order valence-electron chi connectivity index (χ4n) is 6.08. The van der Waals surface area contributed by atoms with Crippen LogP contribution in [0.2, 0.25) is 5.02 Å². The van der Waals surface area contributed by atoms with E-state index in [-0.39, 0.29) is 29.9 Å². The molecule has 1 saturated carbocycles. The van der Waals surface area contributed by atoms with Crippen molar-refractivity contribution in [2.24, 2.45) is 5.92 Å². The quantitative estimate of drug-likeness (QED) is 0.385. The van der Waals surface area contributed by atoms with E-state index in [0.717, 1.165) is 84.5 Å². The lowest BCUT2D eigenvalue weighted by molar-refractivity contribution is -0.122. The third-order valence-corrected chi connectivity index (χ3v) is 8.29. The smallest absolute Gasteiger partial charge is 0.414 e. The van der Waals surface area contributed by atoms with E-state index in [2.05, 4.69) is 35.8 Å². The second-order valence-electron chi connectivity index (χ2n) is 10.3. The number of fused-ring (bicyclic) bond motifs is 3. The maximum absolute atomic E-state index is 12.6. The van der Waals surface area contributed by atoms with Gasteiger partial charge in [-0.2, -0.15) is 0 Å². The van der Waals surface area contributed by atoms with Gasteiger partial charge in [0.15, 0.2) is 0 Å². The topological polar surface area (TPSA) is 64.4 Å². The number of amides is 1. The molecular weight excluding hydrogens is 474 g/mol. The summed E-state index contributed by atoms with van der Waals surface area (Å²) in [6.45, 7) is 3.78. The molecule has 36 heavy (non-hydrogen) atoms. The van der Waals surface area contributed by atoms with E-state index in [1.54, 1.807) is 11.8 Å². The van der Waals surface area contributed by atoms with Crippen LogP contribution in [0.4, 0.5) is 10.5 Å². The normalized spacial score (nSPS) is 21.9. The largest absolute Gasteiger partial charge is 0.452 e. The number of ether oxygens (including phenoxy) is 1. The molecule has 3 atom stereocenters. The van der Waals surface area contributed by atoms with Gasteiger partial charge < -0.3 is 9.30 Å². The molecule has 3 aromatic rings. The molecular formula is C29H34ClN3O3. The zero-order valence-electron chi connectivity index (χ0n) is 21.3. The summed E-state index contributed by atoms with van der Waals surface area (Å²) in [7, 11) is 1.43. The fourth-order valence-corrected chi connectivity index (χ4v) is 6.21. The zero-order valence-corrected chi connectivity index (χ0v) is 22.1. The highest BCUT2D eigenvalue weighted by Crippen LogP contribution is 2.40. The minimum Gasteiger partial charge on any atom is -0.452 e. The number of carbonyl (C=O) groups excluding carboxylic acids is 2. The average molecular weight is 508 g/mol. The summed E-state index contributed by atoms with van der Waals surface area (Å²) in [6.07, 6.45) is 6.98. The minimum absolute atomic E-state index is 0.0727. The molecule has 6 nitrogen and oxygen atoms in total. The Morgan fingerprint density at radius 1 is 1.08 bits per heavy atom. The molecule has 2 aliphatic rings. The molecule has 0 N–H and O–H groups in total. The number of hydrogen-bond donors (Lipinski definition) is 0. The van der Waals surface area contributed by atoms with Crippen LogP contribution in [-0.2, 0) is 28.8 Å². The van der Waals surface area contributed by atoms with Crippen LogP contribution < -0.4 is 4.90 Å². The van der Waals surface area contributed by atoms with Gasteiger partial charge in [-0.3, -0.25) is 9.69 Å². The molecule has 1 amide bonds. The molecule has 0 bridgehead atoms. The SMILES string of the molecule is COC(=O)N1c2ccc3c(nc(CCc4ccc(Cl)cc4)n3[C@@H]3CCC[C@@H](C(C)=O)C3)c2CC[C@@H]1C. The molecule has 0 spiro atoms. The van der Waals surface area contributed by atoms with Gasteiger partial charge in [0.05, 0.1) is 23.8 Å². The van der Waals surface area contributed by atoms with E-state index < -0.39 is 0 Å². The maximum Gasteiger partial charge on any atom is 0.414 e. The summed E-state index contributed by atoms with van der Waals surface area (Å²) >= 11 is 6.09. The summed E-state index contributed by atoms with van der Waals surface area (Å²) in [5, 5.41) is 0.736. The third kappa shape index (κ3) is 4.63. The van der Waals surface area contributed by atoms with Crippen molar-refractivity contribution in [2.75, 3.05) is 12.0 Å². The summed E-state index contributed by atoms with van der Waals surface area (Å²) in [6, 6.07) is 12.5. The van der Waals surface area contributed by atoms with Crippen molar-refractivity contribution in [1.29, 1.82) is 0 Å². The van der Waals surface area contributed by atoms with Crippen molar-refractivity contribution in [3.8, 4) is 0 Å². The number of benzene rings is 2. The van der Waals surface area contributed by atoms with Gasteiger partial charge in [0.25, 0.3) is 0 Å². The molecule has 5 rings (SSSR count). The first-order chi connectivity index (χ1) is 17.4. The Morgan fingerprint density at radius 2 is 1.86 bits per heavy atom. The lowest BCUT2D eigenvalue weighted by atomic mass is 9.83. The van der Waals surface area contributed by atoms with Crippen LogP contribution in [-0.4, -0.2) is 34.6 Å². The molecule has 1 aromatic heterocycles. The predicted octanol–water partition coefficient (Wildman–Crippen LogP) is 6.70. The molecule has 2 aromatic carbocycles. The van der Waals surface area contributed by atoms with Crippen LogP contribution >= 0.6 is 11.6 Å². The van der Waals surface area contributed by atoms with Crippen molar-refractivity contribution >= 4 is 40.2 Å². The summed E-state index contributed by atoms with van der Waals surface area (Å²) in [5.41, 5.74) is 5.31. The number of hydrogen-bond acceptors (Lipinski definition) is 4. The van der Waals surface area contributed by atoms with Crippen LogP contribution in [0, 0.1) is 5.92 Å². The van der Waals surface area contributed by atoms with Gasteiger partial charge in [-0.15, -0.1) is 0 Å². The van der Waals surface area contributed by atoms with Gasteiger partial charge in [0.2, 0.25) is 0 Å². The van der Waals surface area contributed by atoms with Gasteiger partial charge in [-0.05, 0) is 82.2 Å². The van der Waals surface area contributed by atoms with Crippen molar-refractivity contribution < 1.29 is 14.3 Å². The Kier molecular flexibility index (Phi) is 7.07. The maximum atomic E-state index is 12.6. The van der Waals surface area contributed by atoms with Crippen LogP contribution in [0.3, 0.4) is 0 Å². The monoisotopic (exact) mass is 507 g/mol. The van der Waals surface area contributed by atoms with Gasteiger partial charge in [-0.1, -0.05) is 30.2 Å². The summed E-state index contributed by atoms with van der Waals surface area (Å²) in [4.78, 5) is 31.9. The molecule has 0 unspecified atom stereocenters. The lowest BCUT2D eigenvalue weighted by Crippen LogP contribution is -2.42. The van der Waals surface area contributed by atoms with E-state index in [1.165, 1.54) is 12.7 Å². The van der Waals surface area contributed by atoms with Crippen molar-refractivity contribution in [1.82, 2.24) is 9.55 Å². The number of aromatic nitrogens is 2. The standard InChI is InChI=1S/C29H34ClN3O3/c1-18-7-13-24-25(32(18)29(35)36-3)14-15-26-28(24)31-27(16-10-20-8-11-22(30)12-9-20)33(26)23-6-4-5-21(17-23)19(2)34/h8-9,11-12,14-15,18,21,23H,4-7,10,13,16-17H2,1-3H3/t18-,21+,23+/m0/s1. The second kappa shape index (κ2) is 10.3. The molecule has 0 radical (unpaired) electrons. The average Bonchev–Trinajstić information content (AvgIpc) is 3.26. The Morgan fingerprint density at radius 3 is 2.58 bits per heavy atom. The van der Waals surface area contributed by atoms with Gasteiger partial charge in [-0.25, -0.2) is 9.78 Å². The zero-order chi connectivity index (χ0) is 25.4. The highest BCUT2D eigenvalue weighted by atomic mass is 35.5. The Hall–Kier alpha value is -2.86. The first-order valence-electron chi connectivity index (χ1n) is 13.0. The minimum atomic E-state index is -0.332. The van der Waals surface area contributed by atoms with Gasteiger partial charge >= 0.3 is 6.09 Å². The number of carbonyl (C=O) groups is 2. The van der Waals surface area contributed by atoms with Crippen LogP contribution in [0.5, 0.6) is 0 Å². The molecule has 1 aliphatic heterocycles. The highest BCUT2D eigenvalue weighted by molar-refractivity contribution is 6.30. The van der Waals surface area contributed by atoms with Gasteiger partial charge in [0.1, 0.15) is 11.6 Å². The lowest BCUT2D eigenvalue weighted by Gasteiger charge is -2.34. The van der Waals surface area contributed by atoms with Crippen molar-refractivity contribution in [2.45, 2.75) is 77.3 Å². The van der Waals surface area contributed by atoms with Crippen LogP contribution in [0.25, 0.3) is 11.0 Å². The highest BCUT2D eigenvalue weighted by Gasteiger charge is 2.33. The number of anilines is 1. The van der Waals surface area contributed by atoms with E-state index in [9.17, 15) is 9.59 Å². The fraction of sp³-hybridized carbons (Fsp3) is 0.483. The van der Waals surface area contributed by atoms with E-state index >= 15 is 0 Å². The Bertz CT molecular complexity index is 1280. The Labute approximate surface area is 217 Å². The first kappa shape index (κ1) is 24.8.